The van der Waals surface area contributed by atoms with Crippen LogP contribution in [0.4, 0.5) is 0 Å². The van der Waals surface area contributed by atoms with Gasteiger partial charge in [-0.1, -0.05) is 6.92 Å². The molecule has 1 aliphatic rings. The van der Waals surface area contributed by atoms with E-state index in [1.807, 2.05) is 6.92 Å². The molecule has 1 aliphatic heterocycles. The van der Waals surface area contributed by atoms with Crippen molar-refractivity contribution in [3.8, 4) is 0 Å². The minimum absolute atomic E-state index is 0.302. The summed E-state index contributed by atoms with van der Waals surface area (Å²) in [6, 6.07) is 0.385. The van der Waals surface area contributed by atoms with Crippen LogP contribution in [0.5, 0.6) is 0 Å². The van der Waals surface area contributed by atoms with Crippen molar-refractivity contribution in [3.63, 3.8) is 0 Å². The van der Waals surface area contributed by atoms with Gasteiger partial charge in [0.25, 0.3) is 0 Å². The highest BCUT2D eigenvalue weighted by molar-refractivity contribution is 4.96. The van der Waals surface area contributed by atoms with Crippen LogP contribution in [0.15, 0.2) is 0 Å². The van der Waals surface area contributed by atoms with E-state index in [4.69, 9.17) is 4.74 Å². The number of rotatable bonds is 3. The topological polar surface area (TPSA) is 24.5 Å². The van der Waals surface area contributed by atoms with Crippen LogP contribution in [0.1, 0.15) is 13.8 Å². The maximum Gasteiger partial charge on any atom is 0.0818 e. The molecular weight excluding hydrogens is 164 g/mol. The summed E-state index contributed by atoms with van der Waals surface area (Å²) < 4.78 is 5.42. The van der Waals surface area contributed by atoms with Crippen LogP contribution in [0, 0.1) is 6.92 Å². The van der Waals surface area contributed by atoms with Crippen LogP contribution in [0.2, 0.25) is 0 Å². The summed E-state index contributed by atoms with van der Waals surface area (Å²) in [5.41, 5.74) is -0.302. The molecule has 1 heterocycles. The third-order valence-electron chi connectivity index (χ3n) is 2.93. The molecule has 1 N–H and O–H groups in total. The Balaban J connectivity index is 2.63. The van der Waals surface area contributed by atoms with Crippen LogP contribution in [0.3, 0.4) is 0 Å². The van der Waals surface area contributed by atoms with Gasteiger partial charge in [-0.25, -0.2) is 0 Å². The zero-order valence-electron chi connectivity index (χ0n) is 8.97. The van der Waals surface area contributed by atoms with Gasteiger partial charge >= 0.3 is 0 Å². The summed E-state index contributed by atoms with van der Waals surface area (Å²) in [6.45, 7) is 12.6. The van der Waals surface area contributed by atoms with Crippen molar-refractivity contribution in [2.24, 2.45) is 0 Å². The third kappa shape index (κ3) is 2.42. The van der Waals surface area contributed by atoms with Gasteiger partial charge in [0.2, 0.25) is 0 Å². The summed E-state index contributed by atoms with van der Waals surface area (Å²) in [5.74, 6) is 0. The Kier molecular flexibility index (Phi) is 3.71. The van der Waals surface area contributed by atoms with E-state index in [2.05, 4.69) is 24.1 Å². The fraction of sp³-hybridized carbons (Fsp3) is 0.900. The van der Waals surface area contributed by atoms with Crippen molar-refractivity contribution < 1.29 is 4.74 Å². The highest BCUT2D eigenvalue weighted by atomic mass is 16.5. The Hall–Kier alpha value is -0.120. The number of methoxy groups -OCH3 is 1. The minimum atomic E-state index is -0.302. The van der Waals surface area contributed by atoms with Crippen LogP contribution >= 0.6 is 0 Å². The lowest BCUT2D eigenvalue weighted by Gasteiger charge is -2.43. The first-order chi connectivity index (χ1) is 6.11. The second-order valence-corrected chi connectivity index (χ2v) is 3.87. The summed E-state index contributed by atoms with van der Waals surface area (Å²) >= 11 is 0. The Morgan fingerprint density at radius 1 is 1.69 bits per heavy atom. The molecule has 1 unspecified atom stereocenters. The van der Waals surface area contributed by atoms with E-state index in [1.165, 1.54) is 0 Å². The molecule has 1 fully saturated rings. The van der Waals surface area contributed by atoms with E-state index in [9.17, 15) is 0 Å². The van der Waals surface area contributed by atoms with Crippen molar-refractivity contribution in [2.45, 2.75) is 25.5 Å². The van der Waals surface area contributed by atoms with Gasteiger partial charge in [-0.05, 0) is 20.4 Å². The Bertz CT molecular complexity index is 159. The van der Waals surface area contributed by atoms with E-state index >= 15 is 0 Å². The second-order valence-electron chi connectivity index (χ2n) is 3.87. The van der Waals surface area contributed by atoms with Crippen LogP contribution in [-0.4, -0.2) is 49.8 Å². The van der Waals surface area contributed by atoms with Gasteiger partial charge < -0.3 is 10.1 Å². The first-order valence-electron chi connectivity index (χ1n) is 4.97. The van der Waals surface area contributed by atoms with Crippen molar-refractivity contribution >= 4 is 0 Å². The zero-order valence-corrected chi connectivity index (χ0v) is 8.97. The molecule has 3 heteroatoms. The van der Waals surface area contributed by atoms with Gasteiger partial charge in [-0.2, -0.15) is 0 Å². The van der Waals surface area contributed by atoms with Crippen molar-refractivity contribution in [1.29, 1.82) is 0 Å². The number of likely N-dealkylation sites (N-methyl/N-ethyl adjacent to an activating group) is 1. The van der Waals surface area contributed by atoms with Gasteiger partial charge in [0.1, 0.15) is 0 Å². The smallest absolute Gasteiger partial charge is 0.0818 e. The monoisotopic (exact) mass is 185 g/mol. The van der Waals surface area contributed by atoms with Gasteiger partial charge in [-0.15, -0.1) is 0 Å². The maximum atomic E-state index is 5.42. The number of hydrogen-bond donors (Lipinski definition) is 1. The summed E-state index contributed by atoms with van der Waals surface area (Å²) in [7, 11) is 1.73. The van der Waals surface area contributed by atoms with Crippen LogP contribution in [-0.2, 0) is 4.74 Å². The third-order valence-corrected chi connectivity index (χ3v) is 2.93. The first-order valence-corrected chi connectivity index (χ1v) is 4.97. The second kappa shape index (κ2) is 4.40. The number of hydrogen-bond acceptors (Lipinski definition) is 3. The SMILES string of the molecule is [CH2][C@](C)(OC)C1CNCCN1CC. The van der Waals surface area contributed by atoms with E-state index in [-0.39, 0.29) is 5.60 Å². The molecule has 0 saturated carbocycles. The Morgan fingerprint density at radius 2 is 2.38 bits per heavy atom. The molecular formula is C10H21N2O. The average Bonchev–Trinajstić information content (AvgIpc) is 2.18. The molecule has 0 bridgehead atoms. The van der Waals surface area contributed by atoms with Crippen LogP contribution in [0.25, 0.3) is 0 Å². The predicted octanol–water partition coefficient (Wildman–Crippen LogP) is 0.519. The lowest BCUT2D eigenvalue weighted by atomic mass is 9.95. The predicted molar refractivity (Wildman–Crippen MR) is 54.7 cm³/mol. The van der Waals surface area contributed by atoms with E-state index in [1.54, 1.807) is 7.11 Å². The molecule has 2 atom stereocenters. The number of nitrogens with zero attached hydrogens (tertiary/aromatic N) is 1. The quantitative estimate of drug-likeness (QED) is 0.694. The fourth-order valence-electron chi connectivity index (χ4n) is 1.86. The van der Waals surface area contributed by atoms with Crippen molar-refractivity contribution in [3.05, 3.63) is 6.92 Å². The largest absolute Gasteiger partial charge is 0.377 e. The van der Waals surface area contributed by atoms with Gasteiger partial charge in [0.05, 0.1) is 11.6 Å². The highest BCUT2D eigenvalue weighted by Gasteiger charge is 2.34. The number of nitrogens with one attached hydrogen (secondary N) is 1. The highest BCUT2D eigenvalue weighted by Crippen LogP contribution is 2.19. The molecule has 77 valence electrons. The first kappa shape index (κ1) is 11.0. The molecule has 0 aromatic carbocycles. The molecule has 0 aromatic heterocycles. The van der Waals surface area contributed by atoms with Crippen molar-refractivity contribution in [1.82, 2.24) is 10.2 Å². The summed E-state index contributed by atoms with van der Waals surface area (Å²) in [5, 5.41) is 3.38. The summed E-state index contributed by atoms with van der Waals surface area (Å²) in [6.07, 6.45) is 0. The molecule has 13 heavy (non-hydrogen) atoms. The van der Waals surface area contributed by atoms with E-state index < -0.39 is 0 Å². The maximum absolute atomic E-state index is 5.42. The molecule has 0 amide bonds. The van der Waals surface area contributed by atoms with E-state index in [0.29, 0.717) is 6.04 Å². The normalized spacial score (nSPS) is 26.3. The fourth-order valence-corrected chi connectivity index (χ4v) is 1.86. The Labute approximate surface area is 81.4 Å². The zero-order chi connectivity index (χ0) is 9.90. The van der Waals surface area contributed by atoms with Crippen molar-refractivity contribution in [2.75, 3.05) is 33.3 Å². The molecule has 1 radical (unpaired) electrons. The minimum Gasteiger partial charge on any atom is -0.377 e. The van der Waals surface area contributed by atoms with Gasteiger partial charge in [0, 0.05) is 26.7 Å². The Morgan fingerprint density at radius 3 is 2.92 bits per heavy atom. The molecule has 0 spiro atoms. The summed E-state index contributed by atoms with van der Waals surface area (Å²) in [4.78, 5) is 2.42. The molecule has 0 aliphatic carbocycles. The number of piperazine rings is 1. The molecule has 3 nitrogen and oxygen atoms in total. The van der Waals surface area contributed by atoms with E-state index in [0.717, 1.165) is 26.2 Å². The lowest BCUT2D eigenvalue weighted by molar-refractivity contribution is -0.0403. The standard InChI is InChI=1S/C10H21N2O/c1-5-12-7-6-11-8-9(12)10(2,3)13-4/h9,11H,2,5-8H2,1,3-4H3/t9?,10-/m1/s1. The molecule has 0 aromatic rings. The lowest BCUT2D eigenvalue weighted by Crippen LogP contribution is -2.60. The van der Waals surface area contributed by atoms with Gasteiger partial charge in [-0.3, -0.25) is 4.90 Å². The molecule has 1 saturated heterocycles. The van der Waals surface area contributed by atoms with Gasteiger partial charge in [0.15, 0.2) is 0 Å². The average molecular weight is 185 g/mol. The van der Waals surface area contributed by atoms with Crippen LogP contribution < -0.4 is 5.32 Å². The number of ether oxygens (including phenoxy) is 1. The molecule has 1 rings (SSSR count).